The molecule has 1 atom stereocenters. The number of carbonyl (C=O) groups is 3. The van der Waals surface area contributed by atoms with Gasteiger partial charge in [-0.15, -0.1) is 0 Å². The van der Waals surface area contributed by atoms with Gasteiger partial charge in [-0.05, 0) is 44.9 Å². The highest BCUT2D eigenvalue weighted by Crippen LogP contribution is 2.17. The fourth-order valence-electron chi connectivity index (χ4n) is 8.85. The average Bonchev–Trinajstić information content (AvgIpc) is 3.30. The van der Waals surface area contributed by atoms with Gasteiger partial charge in [-0.1, -0.05) is 277 Å². The summed E-state index contributed by atoms with van der Waals surface area (Å²) in [4.78, 5) is 38.1. The van der Waals surface area contributed by atoms with Crippen molar-refractivity contribution in [3.63, 3.8) is 0 Å². The number of ether oxygens (including phenoxy) is 3. The largest absolute Gasteiger partial charge is 0.462 e. The lowest BCUT2D eigenvalue weighted by molar-refractivity contribution is -0.167. The third-order valence-electron chi connectivity index (χ3n) is 13.3. The Morgan fingerprint density at radius 3 is 0.785 bits per heavy atom. The molecule has 0 amide bonds. The third-order valence-corrected chi connectivity index (χ3v) is 13.3. The number of hydrogen-bond acceptors (Lipinski definition) is 6. The van der Waals surface area contributed by atoms with E-state index in [4.69, 9.17) is 14.2 Å². The summed E-state index contributed by atoms with van der Waals surface area (Å²) >= 11 is 0. The van der Waals surface area contributed by atoms with Crippen LogP contribution in [0.4, 0.5) is 0 Å². The molecule has 0 fully saturated rings. The second kappa shape index (κ2) is 54.8. The highest BCUT2D eigenvalue weighted by Gasteiger charge is 2.19. The van der Waals surface area contributed by atoms with Crippen LogP contribution in [-0.4, -0.2) is 37.2 Å². The molecular formula is C59H112O6. The molecule has 0 aliphatic heterocycles. The predicted molar refractivity (Wildman–Crippen MR) is 280 cm³/mol. The van der Waals surface area contributed by atoms with Gasteiger partial charge in [0.1, 0.15) is 13.2 Å². The van der Waals surface area contributed by atoms with Gasteiger partial charge in [0.05, 0.1) is 0 Å². The van der Waals surface area contributed by atoms with E-state index in [1.807, 2.05) is 0 Å². The van der Waals surface area contributed by atoms with Crippen LogP contribution in [0.15, 0.2) is 12.2 Å². The Labute approximate surface area is 405 Å². The summed E-state index contributed by atoms with van der Waals surface area (Å²) in [7, 11) is 0. The lowest BCUT2D eigenvalue weighted by atomic mass is 10.0. The Bertz CT molecular complexity index is 1010. The molecule has 0 radical (unpaired) electrons. The van der Waals surface area contributed by atoms with Crippen molar-refractivity contribution in [1.29, 1.82) is 0 Å². The average molecular weight is 918 g/mol. The zero-order chi connectivity index (χ0) is 47.2. The molecule has 0 saturated heterocycles. The summed E-state index contributed by atoms with van der Waals surface area (Å²) in [6, 6.07) is 0. The summed E-state index contributed by atoms with van der Waals surface area (Å²) in [5.41, 5.74) is 0. The molecule has 0 saturated carbocycles. The number of carbonyl (C=O) groups excluding carboxylic acids is 3. The number of esters is 3. The van der Waals surface area contributed by atoms with Crippen LogP contribution in [0.25, 0.3) is 0 Å². The van der Waals surface area contributed by atoms with E-state index in [9.17, 15) is 14.4 Å². The molecule has 6 heteroatoms. The Kier molecular flexibility index (Phi) is 53.2. The number of hydrogen-bond donors (Lipinski definition) is 0. The van der Waals surface area contributed by atoms with Crippen LogP contribution in [0.2, 0.25) is 0 Å². The molecule has 0 spiro atoms. The quantitative estimate of drug-likeness (QED) is 0.0262. The summed E-state index contributed by atoms with van der Waals surface area (Å²) in [5.74, 6) is -0.851. The molecule has 6 nitrogen and oxygen atoms in total. The maximum Gasteiger partial charge on any atom is 0.306 e. The topological polar surface area (TPSA) is 78.9 Å². The predicted octanol–water partition coefficient (Wildman–Crippen LogP) is 19.3. The first kappa shape index (κ1) is 63.1. The summed E-state index contributed by atoms with van der Waals surface area (Å²) in [5, 5.41) is 0. The fourth-order valence-corrected chi connectivity index (χ4v) is 8.85. The van der Waals surface area contributed by atoms with Crippen molar-refractivity contribution in [3.05, 3.63) is 12.2 Å². The van der Waals surface area contributed by atoms with Crippen LogP contribution in [-0.2, 0) is 28.6 Å². The second-order valence-electron chi connectivity index (χ2n) is 19.9. The van der Waals surface area contributed by atoms with Gasteiger partial charge in [0, 0.05) is 19.3 Å². The molecular weight excluding hydrogens is 805 g/mol. The molecule has 0 heterocycles. The minimum Gasteiger partial charge on any atom is -0.462 e. The van der Waals surface area contributed by atoms with E-state index in [2.05, 4.69) is 32.9 Å². The third kappa shape index (κ3) is 53.0. The molecule has 0 aliphatic rings. The molecule has 0 aromatic heterocycles. The van der Waals surface area contributed by atoms with Crippen molar-refractivity contribution in [2.24, 2.45) is 0 Å². The molecule has 0 aromatic carbocycles. The van der Waals surface area contributed by atoms with Crippen molar-refractivity contribution in [3.8, 4) is 0 Å². The first-order valence-corrected chi connectivity index (χ1v) is 29.2. The van der Waals surface area contributed by atoms with E-state index < -0.39 is 6.10 Å². The van der Waals surface area contributed by atoms with Gasteiger partial charge < -0.3 is 14.2 Å². The van der Waals surface area contributed by atoms with Crippen molar-refractivity contribution in [2.75, 3.05) is 13.2 Å². The van der Waals surface area contributed by atoms with E-state index in [0.717, 1.165) is 64.2 Å². The Balaban J connectivity index is 4.29. The zero-order valence-electron chi connectivity index (χ0n) is 44.0. The van der Waals surface area contributed by atoms with E-state index in [-0.39, 0.29) is 31.1 Å². The normalized spacial score (nSPS) is 12.0. The lowest BCUT2D eigenvalue weighted by Gasteiger charge is -2.18. The van der Waals surface area contributed by atoms with Gasteiger partial charge in [-0.25, -0.2) is 0 Å². The lowest BCUT2D eigenvalue weighted by Crippen LogP contribution is -2.30. The highest BCUT2D eigenvalue weighted by molar-refractivity contribution is 5.71. The first-order valence-electron chi connectivity index (χ1n) is 29.2. The van der Waals surface area contributed by atoms with E-state index in [0.29, 0.717) is 19.3 Å². The van der Waals surface area contributed by atoms with Crippen molar-refractivity contribution in [2.45, 2.75) is 335 Å². The van der Waals surface area contributed by atoms with Crippen LogP contribution in [0, 0.1) is 0 Å². The minimum absolute atomic E-state index is 0.0664. The molecule has 0 N–H and O–H groups in total. The Hall–Kier alpha value is -1.85. The van der Waals surface area contributed by atoms with Crippen LogP contribution in [0.5, 0.6) is 0 Å². The Morgan fingerprint density at radius 1 is 0.292 bits per heavy atom. The fraction of sp³-hybridized carbons (Fsp3) is 0.915. The van der Waals surface area contributed by atoms with Gasteiger partial charge in [0.15, 0.2) is 6.10 Å². The van der Waals surface area contributed by atoms with Crippen molar-refractivity contribution < 1.29 is 28.6 Å². The molecule has 0 aliphatic carbocycles. The summed E-state index contributed by atoms with van der Waals surface area (Å²) in [6.45, 7) is 6.68. The SMILES string of the molecule is CCCCCC/C=C\CCCCCCCC(=O)OCC(COC(=O)CCCCCCCCCCCCCCCCCCCC)OC(=O)CCCCCCCCCCCCCCCCCC. The molecule has 65 heavy (non-hydrogen) atoms. The summed E-state index contributed by atoms with van der Waals surface area (Å²) < 4.78 is 16.9. The van der Waals surface area contributed by atoms with Gasteiger partial charge in [0.2, 0.25) is 0 Å². The smallest absolute Gasteiger partial charge is 0.306 e. The van der Waals surface area contributed by atoms with Crippen molar-refractivity contribution in [1.82, 2.24) is 0 Å². The maximum absolute atomic E-state index is 12.8. The van der Waals surface area contributed by atoms with Gasteiger partial charge >= 0.3 is 17.9 Å². The standard InChI is InChI=1S/C59H112O6/c1-4-7-10-13-16-19-22-25-27-29-30-32-34-37-40-43-46-49-52-58(61)64-55-56(54-63-57(60)51-48-45-42-39-36-33-24-21-18-15-12-9-6-3)65-59(62)53-50-47-44-41-38-35-31-28-26-23-20-17-14-11-8-5-2/h21,24,56H,4-20,22-23,25-55H2,1-3H3/b24-21-. The van der Waals surface area contributed by atoms with Crippen LogP contribution in [0.3, 0.4) is 0 Å². The van der Waals surface area contributed by atoms with Gasteiger partial charge in [-0.3, -0.25) is 14.4 Å². The maximum atomic E-state index is 12.8. The Morgan fingerprint density at radius 2 is 0.508 bits per heavy atom. The number of unbranched alkanes of at least 4 members (excludes halogenated alkanes) is 41. The van der Waals surface area contributed by atoms with Crippen LogP contribution in [0.1, 0.15) is 329 Å². The first-order chi connectivity index (χ1) is 32.0. The van der Waals surface area contributed by atoms with Gasteiger partial charge in [0.25, 0.3) is 0 Å². The second-order valence-corrected chi connectivity index (χ2v) is 19.9. The summed E-state index contributed by atoms with van der Waals surface area (Å²) in [6.07, 6.45) is 62.0. The van der Waals surface area contributed by atoms with Crippen LogP contribution < -0.4 is 0 Å². The minimum atomic E-state index is -0.767. The van der Waals surface area contributed by atoms with E-state index in [1.54, 1.807) is 0 Å². The number of allylic oxidation sites excluding steroid dienone is 2. The molecule has 0 bridgehead atoms. The molecule has 384 valence electrons. The molecule has 0 rings (SSSR count). The highest BCUT2D eigenvalue weighted by atomic mass is 16.6. The molecule has 1 unspecified atom stereocenters. The van der Waals surface area contributed by atoms with E-state index in [1.165, 1.54) is 225 Å². The zero-order valence-corrected chi connectivity index (χ0v) is 44.0. The van der Waals surface area contributed by atoms with E-state index >= 15 is 0 Å². The molecule has 0 aromatic rings. The van der Waals surface area contributed by atoms with Gasteiger partial charge in [-0.2, -0.15) is 0 Å². The van der Waals surface area contributed by atoms with Crippen LogP contribution >= 0.6 is 0 Å². The monoisotopic (exact) mass is 917 g/mol. The van der Waals surface area contributed by atoms with Crippen molar-refractivity contribution >= 4 is 17.9 Å². The number of rotatable bonds is 54.